The number of nitrogens with zero attached hydrogens (tertiary/aromatic N) is 1. The van der Waals surface area contributed by atoms with Crippen LogP contribution in [0.4, 0.5) is 5.69 Å². The lowest BCUT2D eigenvalue weighted by atomic mass is 10.2. The van der Waals surface area contributed by atoms with E-state index in [1.807, 2.05) is 5.16 Å². The van der Waals surface area contributed by atoms with Crippen molar-refractivity contribution in [2.45, 2.75) is 0 Å². The number of amides is 1. The lowest BCUT2D eigenvalue weighted by Gasteiger charge is -2.09. The molecule has 0 bridgehead atoms. The van der Waals surface area contributed by atoms with Crippen molar-refractivity contribution < 1.29 is 18.8 Å². The summed E-state index contributed by atoms with van der Waals surface area (Å²) in [7, 11) is 3.06. The zero-order chi connectivity index (χ0) is 20.1. The van der Waals surface area contributed by atoms with Gasteiger partial charge in [-0.25, -0.2) is 9.59 Å². The predicted octanol–water partition coefficient (Wildman–Crippen LogP) is 1.79. The number of methoxy groups -OCH3 is 2. The Balaban J connectivity index is 1.82. The summed E-state index contributed by atoms with van der Waals surface area (Å²) in [4.78, 5) is 35.8. The van der Waals surface area contributed by atoms with Gasteiger partial charge >= 0.3 is 11.4 Å². The van der Waals surface area contributed by atoms with Gasteiger partial charge in [0.25, 0.3) is 0 Å². The quantitative estimate of drug-likeness (QED) is 0.627. The highest BCUT2D eigenvalue weighted by molar-refractivity contribution is 6.03. The summed E-state index contributed by atoms with van der Waals surface area (Å²) in [6.45, 7) is 0. The van der Waals surface area contributed by atoms with Gasteiger partial charge in [-0.05, 0) is 35.9 Å². The summed E-state index contributed by atoms with van der Waals surface area (Å²) < 4.78 is 15.7. The average Bonchev–Trinajstić information content (AvgIpc) is 3.04. The average molecular weight is 383 g/mol. The number of carbonyl (C=O) groups excluding carboxylic acids is 1. The molecule has 2 aromatic carbocycles. The number of aromatic nitrogens is 2. The molecule has 1 aromatic heterocycles. The number of H-pyrrole nitrogens is 1. The molecule has 9 heteroatoms. The Kier molecular flexibility index (Phi) is 5.45. The van der Waals surface area contributed by atoms with Crippen LogP contribution in [0.5, 0.6) is 11.5 Å². The zero-order valence-electron chi connectivity index (χ0n) is 15.1. The van der Waals surface area contributed by atoms with E-state index in [4.69, 9.17) is 9.47 Å². The highest BCUT2D eigenvalue weighted by atomic mass is 16.5. The molecule has 3 rings (SSSR count). The molecule has 3 aromatic rings. The fourth-order valence-corrected chi connectivity index (χ4v) is 2.55. The van der Waals surface area contributed by atoms with E-state index in [1.165, 1.54) is 26.4 Å². The van der Waals surface area contributed by atoms with E-state index >= 15 is 0 Å². The zero-order valence-corrected chi connectivity index (χ0v) is 15.1. The number of ether oxygens (including phenoxy) is 2. The van der Waals surface area contributed by atoms with Crippen molar-refractivity contribution in [1.29, 1.82) is 0 Å². The molecule has 2 N–H and O–H groups in total. The van der Waals surface area contributed by atoms with Crippen LogP contribution >= 0.6 is 0 Å². The van der Waals surface area contributed by atoms with Crippen LogP contribution in [-0.4, -0.2) is 29.9 Å². The van der Waals surface area contributed by atoms with Gasteiger partial charge in [0.2, 0.25) is 5.91 Å². The fraction of sp³-hybridized carbons (Fsp3) is 0.105. The maximum atomic E-state index is 12.3. The summed E-state index contributed by atoms with van der Waals surface area (Å²) in [5.41, 5.74) is 0.449. The molecule has 0 radical (unpaired) electrons. The molecule has 9 nitrogen and oxygen atoms in total. The van der Waals surface area contributed by atoms with Crippen molar-refractivity contribution in [3.8, 4) is 17.2 Å². The molecule has 0 saturated heterocycles. The SMILES string of the molecule is COc1ccc(C=CC(=O)Nc2ccccc2-n2c(=O)[nH]oc2=O)cc1OC. The lowest BCUT2D eigenvalue weighted by Crippen LogP contribution is -2.25. The third kappa shape index (κ3) is 3.88. The van der Waals surface area contributed by atoms with Crippen molar-refractivity contribution in [1.82, 2.24) is 9.72 Å². The molecule has 0 fully saturated rings. The van der Waals surface area contributed by atoms with E-state index in [1.54, 1.807) is 42.5 Å². The molecular formula is C19H17N3O6. The number of hydrogen-bond acceptors (Lipinski definition) is 6. The van der Waals surface area contributed by atoms with Crippen LogP contribution in [0.1, 0.15) is 5.56 Å². The predicted molar refractivity (Wildman–Crippen MR) is 102 cm³/mol. The third-order valence-corrected chi connectivity index (χ3v) is 3.85. The summed E-state index contributed by atoms with van der Waals surface area (Å²) >= 11 is 0. The van der Waals surface area contributed by atoms with E-state index in [-0.39, 0.29) is 11.4 Å². The molecule has 0 aliphatic heterocycles. The van der Waals surface area contributed by atoms with Gasteiger partial charge in [-0.3, -0.25) is 4.79 Å². The van der Waals surface area contributed by atoms with Crippen molar-refractivity contribution >= 4 is 17.7 Å². The van der Waals surface area contributed by atoms with Crippen LogP contribution in [0.15, 0.2) is 62.7 Å². The first kappa shape index (κ1) is 18.8. The van der Waals surface area contributed by atoms with Crippen LogP contribution in [0, 0.1) is 0 Å². The minimum Gasteiger partial charge on any atom is -0.493 e. The van der Waals surface area contributed by atoms with Gasteiger partial charge in [0.1, 0.15) is 0 Å². The molecule has 0 atom stereocenters. The van der Waals surface area contributed by atoms with Gasteiger partial charge in [-0.1, -0.05) is 18.2 Å². The summed E-state index contributed by atoms with van der Waals surface area (Å²) in [5, 5.41) is 4.59. The van der Waals surface area contributed by atoms with Crippen molar-refractivity contribution in [2.75, 3.05) is 19.5 Å². The molecular weight excluding hydrogens is 366 g/mol. The van der Waals surface area contributed by atoms with Crippen molar-refractivity contribution in [2.24, 2.45) is 0 Å². The van der Waals surface area contributed by atoms with Crippen LogP contribution in [0.25, 0.3) is 11.8 Å². The first-order valence-electron chi connectivity index (χ1n) is 8.14. The summed E-state index contributed by atoms with van der Waals surface area (Å²) in [6.07, 6.45) is 2.91. The highest BCUT2D eigenvalue weighted by Gasteiger charge is 2.13. The van der Waals surface area contributed by atoms with E-state index in [0.29, 0.717) is 11.5 Å². The Morgan fingerprint density at radius 3 is 2.54 bits per heavy atom. The van der Waals surface area contributed by atoms with Crippen LogP contribution in [-0.2, 0) is 4.79 Å². The molecule has 1 heterocycles. The standard InChI is InChI=1S/C19H17N3O6/c1-26-15-9-7-12(11-16(15)27-2)8-10-17(23)20-13-5-3-4-6-14(13)22-18(24)21-28-19(22)25/h3-11H,1-2H3,(H,20,23)(H,21,24). The molecule has 144 valence electrons. The molecule has 28 heavy (non-hydrogen) atoms. The van der Waals surface area contributed by atoms with E-state index in [9.17, 15) is 14.4 Å². The highest BCUT2D eigenvalue weighted by Crippen LogP contribution is 2.28. The van der Waals surface area contributed by atoms with E-state index in [2.05, 4.69) is 9.84 Å². The van der Waals surface area contributed by atoms with Gasteiger partial charge in [0, 0.05) is 6.08 Å². The number of aromatic amines is 1. The Labute approximate surface area is 158 Å². The Morgan fingerprint density at radius 2 is 1.86 bits per heavy atom. The molecule has 0 saturated carbocycles. The molecule has 0 aliphatic rings. The van der Waals surface area contributed by atoms with Crippen molar-refractivity contribution in [3.05, 3.63) is 75.1 Å². The maximum Gasteiger partial charge on any atom is 0.447 e. The van der Waals surface area contributed by atoms with Gasteiger partial charge in [0.05, 0.1) is 25.6 Å². The third-order valence-electron chi connectivity index (χ3n) is 3.85. The maximum absolute atomic E-state index is 12.3. The molecule has 0 spiro atoms. The normalized spacial score (nSPS) is 10.8. The Morgan fingerprint density at radius 1 is 1.11 bits per heavy atom. The van der Waals surface area contributed by atoms with Crippen LogP contribution in [0.2, 0.25) is 0 Å². The minimum absolute atomic E-state index is 0.190. The molecule has 0 aliphatic carbocycles. The monoisotopic (exact) mass is 383 g/mol. The van der Waals surface area contributed by atoms with Gasteiger partial charge in [-0.2, -0.15) is 9.72 Å². The van der Waals surface area contributed by atoms with Gasteiger partial charge in [0.15, 0.2) is 11.5 Å². The number of carbonyl (C=O) groups is 1. The second kappa shape index (κ2) is 8.12. The summed E-state index contributed by atoms with van der Waals surface area (Å²) in [5.74, 6) is -0.217. The van der Waals surface area contributed by atoms with Gasteiger partial charge < -0.3 is 19.3 Å². The number of hydrogen-bond donors (Lipinski definition) is 2. The number of benzene rings is 2. The second-order valence-corrected chi connectivity index (χ2v) is 5.56. The minimum atomic E-state index is -0.882. The summed E-state index contributed by atoms with van der Waals surface area (Å²) in [6, 6.07) is 11.6. The Bertz CT molecular complexity index is 1110. The van der Waals surface area contributed by atoms with E-state index in [0.717, 1.165) is 10.1 Å². The number of para-hydroxylation sites is 2. The Hall–Kier alpha value is -4.01. The first-order valence-corrected chi connectivity index (χ1v) is 8.14. The number of nitrogens with one attached hydrogen (secondary N) is 2. The van der Waals surface area contributed by atoms with Gasteiger partial charge in [-0.15, -0.1) is 0 Å². The largest absolute Gasteiger partial charge is 0.493 e. The van der Waals surface area contributed by atoms with Crippen molar-refractivity contribution in [3.63, 3.8) is 0 Å². The first-order chi connectivity index (χ1) is 13.5. The second-order valence-electron chi connectivity index (χ2n) is 5.56. The number of rotatable bonds is 6. The van der Waals surface area contributed by atoms with E-state index < -0.39 is 17.4 Å². The topological polar surface area (TPSA) is 116 Å². The van der Waals surface area contributed by atoms with Crippen LogP contribution in [0.3, 0.4) is 0 Å². The number of anilines is 1. The smallest absolute Gasteiger partial charge is 0.447 e. The lowest BCUT2D eigenvalue weighted by molar-refractivity contribution is -0.111. The molecule has 0 unspecified atom stereocenters. The molecule has 1 amide bonds. The van der Waals surface area contributed by atoms with Crippen LogP contribution < -0.4 is 26.2 Å². The fourth-order valence-electron chi connectivity index (χ4n) is 2.55.